The lowest BCUT2D eigenvalue weighted by Crippen LogP contribution is -2.44. The number of aromatic nitrogens is 2. The maximum absolute atomic E-state index is 14.1. The monoisotopic (exact) mass is 514 g/mol. The zero-order chi connectivity index (χ0) is 26.2. The van der Waals surface area contributed by atoms with Gasteiger partial charge in [-0.1, -0.05) is 24.3 Å². The summed E-state index contributed by atoms with van der Waals surface area (Å²) in [6, 6.07) is 18.9. The topological polar surface area (TPSA) is 38.7 Å². The van der Waals surface area contributed by atoms with Crippen molar-refractivity contribution in [1.82, 2.24) is 19.8 Å². The molecule has 6 rings (SSSR count). The second-order valence-electron chi connectivity index (χ2n) is 10.4. The minimum atomic E-state index is -0.924. The Kier molecular flexibility index (Phi) is 6.68. The quantitative estimate of drug-likeness (QED) is 0.392. The molecule has 196 valence electrons. The Morgan fingerprint density at radius 1 is 0.526 bits per heavy atom. The fourth-order valence-corrected chi connectivity index (χ4v) is 5.24. The third-order valence-electron chi connectivity index (χ3n) is 7.72. The van der Waals surface area contributed by atoms with Crippen LogP contribution in [0.2, 0.25) is 0 Å². The highest BCUT2D eigenvalue weighted by Gasteiger charge is 2.19. The fraction of sp³-hybridized carbons (Fsp3) is 0.333. The van der Waals surface area contributed by atoms with E-state index in [1.807, 2.05) is 24.3 Å². The van der Waals surface area contributed by atoms with Gasteiger partial charge in [-0.2, -0.15) is 0 Å². The van der Waals surface area contributed by atoms with E-state index in [4.69, 9.17) is 9.97 Å². The predicted molar refractivity (Wildman–Crippen MR) is 150 cm³/mol. The zero-order valence-corrected chi connectivity index (χ0v) is 21.9. The summed E-state index contributed by atoms with van der Waals surface area (Å²) >= 11 is 0. The van der Waals surface area contributed by atoms with E-state index in [0.29, 0.717) is 22.4 Å². The minimum absolute atomic E-state index is 0.333. The SMILES string of the molecule is CN1CCN(c2ccc(-c3nc4cc(F)c(F)cc4nc3-c3ccc(N4CCN(C)CC4)cc3)cc2)CC1. The standard InChI is InChI=1S/C30H32F2N6/c1-35-11-15-37(16-12-35)23-7-3-21(4-8-23)29-30(34-28-20-26(32)25(31)19-27(28)33-29)22-5-9-24(10-6-22)38-17-13-36(2)14-18-38/h3-10,19-20H,11-18H2,1-2H3. The van der Waals surface area contributed by atoms with Crippen LogP contribution in [0.25, 0.3) is 33.5 Å². The van der Waals surface area contributed by atoms with Gasteiger partial charge in [-0.05, 0) is 38.4 Å². The molecule has 3 aromatic carbocycles. The van der Waals surface area contributed by atoms with Crippen LogP contribution in [0.4, 0.5) is 20.2 Å². The third kappa shape index (κ3) is 4.93. The van der Waals surface area contributed by atoms with E-state index in [1.165, 1.54) is 11.4 Å². The van der Waals surface area contributed by atoms with Crippen molar-refractivity contribution < 1.29 is 8.78 Å². The first kappa shape index (κ1) is 24.7. The first-order chi connectivity index (χ1) is 18.4. The molecule has 6 nitrogen and oxygen atoms in total. The van der Waals surface area contributed by atoms with Gasteiger partial charge in [0, 0.05) is 87.0 Å². The van der Waals surface area contributed by atoms with Crippen LogP contribution in [0.5, 0.6) is 0 Å². The molecule has 0 N–H and O–H groups in total. The molecule has 2 fully saturated rings. The first-order valence-corrected chi connectivity index (χ1v) is 13.2. The van der Waals surface area contributed by atoms with Crippen LogP contribution in [0.3, 0.4) is 0 Å². The van der Waals surface area contributed by atoms with E-state index in [0.717, 1.165) is 75.6 Å². The maximum Gasteiger partial charge on any atom is 0.161 e. The van der Waals surface area contributed by atoms with Crippen molar-refractivity contribution >= 4 is 22.4 Å². The number of anilines is 2. The van der Waals surface area contributed by atoms with E-state index in [1.54, 1.807) is 0 Å². The summed E-state index contributed by atoms with van der Waals surface area (Å²) in [6.07, 6.45) is 0. The van der Waals surface area contributed by atoms with Crippen LogP contribution in [-0.2, 0) is 0 Å². The minimum Gasteiger partial charge on any atom is -0.369 e. The molecule has 3 heterocycles. The molecule has 1 aromatic heterocycles. The molecular formula is C30H32F2N6. The van der Waals surface area contributed by atoms with Crippen LogP contribution in [0.15, 0.2) is 60.7 Å². The van der Waals surface area contributed by atoms with Gasteiger partial charge in [-0.3, -0.25) is 0 Å². The molecule has 38 heavy (non-hydrogen) atoms. The number of piperazine rings is 2. The molecule has 0 radical (unpaired) electrons. The zero-order valence-electron chi connectivity index (χ0n) is 21.9. The average molecular weight is 515 g/mol. The summed E-state index contributed by atoms with van der Waals surface area (Å²) < 4.78 is 28.2. The van der Waals surface area contributed by atoms with Crippen LogP contribution in [-0.4, -0.2) is 86.2 Å². The Morgan fingerprint density at radius 3 is 1.21 bits per heavy atom. The Morgan fingerprint density at radius 2 is 0.868 bits per heavy atom. The molecule has 0 aliphatic carbocycles. The molecule has 8 heteroatoms. The smallest absolute Gasteiger partial charge is 0.161 e. The number of nitrogens with zero attached hydrogens (tertiary/aromatic N) is 6. The number of rotatable bonds is 4. The van der Waals surface area contributed by atoms with Gasteiger partial charge in [0.05, 0.1) is 22.4 Å². The van der Waals surface area contributed by atoms with E-state index in [9.17, 15) is 8.78 Å². The highest BCUT2D eigenvalue weighted by molar-refractivity contribution is 5.87. The lowest BCUT2D eigenvalue weighted by Gasteiger charge is -2.34. The lowest BCUT2D eigenvalue weighted by molar-refractivity contribution is 0.313. The third-order valence-corrected chi connectivity index (χ3v) is 7.72. The Labute approximate surface area is 222 Å². The van der Waals surface area contributed by atoms with E-state index < -0.39 is 11.6 Å². The molecule has 4 aromatic rings. The van der Waals surface area contributed by atoms with Crippen LogP contribution in [0, 0.1) is 11.6 Å². The first-order valence-electron chi connectivity index (χ1n) is 13.2. The predicted octanol–water partition coefficient (Wildman–Crippen LogP) is 4.75. The Balaban J connectivity index is 1.37. The van der Waals surface area contributed by atoms with Crippen LogP contribution >= 0.6 is 0 Å². The Bertz CT molecular complexity index is 1310. The molecule has 2 aliphatic rings. The number of likely N-dealkylation sites (N-methyl/N-ethyl adjacent to an activating group) is 2. The molecular weight excluding hydrogens is 482 g/mol. The molecule has 0 amide bonds. The summed E-state index contributed by atoms with van der Waals surface area (Å²) in [6.45, 7) is 8.09. The summed E-state index contributed by atoms with van der Waals surface area (Å²) in [4.78, 5) is 19.0. The number of fused-ring (bicyclic) bond motifs is 1. The molecule has 0 unspecified atom stereocenters. The van der Waals surface area contributed by atoms with Gasteiger partial charge in [0.1, 0.15) is 0 Å². The van der Waals surface area contributed by atoms with Crippen LogP contribution < -0.4 is 9.80 Å². The van der Waals surface area contributed by atoms with Crippen molar-refractivity contribution in [3.8, 4) is 22.5 Å². The summed E-state index contributed by atoms with van der Waals surface area (Å²) in [5.41, 5.74) is 6.09. The Hall–Kier alpha value is -3.62. The van der Waals surface area contributed by atoms with Gasteiger partial charge < -0.3 is 19.6 Å². The van der Waals surface area contributed by atoms with Gasteiger partial charge >= 0.3 is 0 Å². The van der Waals surface area contributed by atoms with Gasteiger partial charge in [0.2, 0.25) is 0 Å². The van der Waals surface area contributed by atoms with Gasteiger partial charge in [-0.15, -0.1) is 0 Å². The molecule has 2 saturated heterocycles. The van der Waals surface area contributed by atoms with Crippen LogP contribution in [0.1, 0.15) is 0 Å². The molecule has 0 spiro atoms. The van der Waals surface area contributed by atoms with E-state index in [2.05, 4.69) is 58.0 Å². The van der Waals surface area contributed by atoms with Crippen molar-refractivity contribution in [2.45, 2.75) is 0 Å². The normalized spacial score (nSPS) is 17.4. The average Bonchev–Trinajstić information content (AvgIpc) is 2.94. The van der Waals surface area contributed by atoms with Crippen molar-refractivity contribution in [1.29, 1.82) is 0 Å². The fourth-order valence-electron chi connectivity index (χ4n) is 5.24. The molecule has 0 saturated carbocycles. The number of benzene rings is 3. The summed E-state index contributed by atoms with van der Waals surface area (Å²) in [5, 5.41) is 0. The second kappa shape index (κ2) is 10.3. The van der Waals surface area contributed by atoms with E-state index in [-0.39, 0.29) is 0 Å². The molecule has 0 atom stereocenters. The van der Waals surface area contributed by atoms with Crippen molar-refractivity contribution in [3.63, 3.8) is 0 Å². The second-order valence-corrected chi connectivity index (χ2v) is 10.4. The number of hydrogen-bond acceptors (Lipinski definition) is 6. The number of halogens is 2. The van der Waals surface area contributed by atoms with Crippen molar-refractivity contribution in [2.75, 3.05) is 76.3 Å². The molecule has 2 aliphatic heterocycles. The summed E-state index contributed by atoms with van der Waals surface area (Å²) in [7, 11) is 4.29. The summed E-state index contributed by atoms with van der Waals surface area (Å²) in [5.74, 6) is -1.85. The maximum atomic E-state index is 14.1. The molecule has 0 bridgehead atoms. The van der Waals surface area contributed by atoms with Crippen molar-refractivity contribution in [3.05, 3.63) is 72.3 Å². The van der Waals surface area contributed by atoms with Gasteiger partial charge in [0.25, 0.3) is 0 Å². The van der Waals surface area contributed by atoms with Crippen molar-refractivity contribution in [2.24, 2.45) is 0 Å². The number of hydrogen-bond donors (Lipinski definition) is 0. The lowest BCUT2D eigenvalue weighted by atomic mass is 10.0. The largest absolute Gasteiger partial charge is 0.369 e. The van der Waals surface area contributed by atoms with Gasteiger partial charge in [-0.25, -0.2) is 18.7 Å². The van der Waals surface area contributed by atoms with Gasteiger partial charge in [0.15, 0.2) is 11.6 Å². The highest BCUT2D eigenvalue weighted by atomic mass is 19.2. The highest BCUT2D eigenvalue weighted by Crippen LogP contribution is 2.34. The van der Waals surface area contributed by atoms with E-state index >= 15 is 0 Å².